The standard InChI is InChI=1S/C120H108N15.Ir/c1-115(2,3)85-46-34-76(35-47-85)106-124-107(77-36-48-86(49-37-77)116(4,5)6)128-112(127-106)103-73-91(133-67-25-64-121-133)58-61-100(103)97-31-22-19-28-94(97)82-70-83(95-29-20-23-32-98(95)101-62-59-92(134-68-26-65-122-134)74-104(101)113-129-108(78-38-50-87(51-39-78)117(7,8)9)125-109(130-113)79-40-52-88(53-41-79)118(10,11)12)72-84(71-82)96-30-21-24-33-99(96)102-63-60-93(135-69-27-66-123-135)75-105(102)114-131-110(80-42-54-89(55-43-80)119(13,14)15)126-111(132-114)81-44-56-90(57-45-81)120(16,17)18;/h19-57,61-75H,1-18H3;/q-3;+3. The molecular formula is C120H108IrN15. The van der Waals surface area contributed by atoms with Crippen molar-refractivity contribution in [2.45, 2.75) is 157 Å². The van der Waals surface area contributed by atoms with Crippen LogP contribution >= 0.6 is 0 Å². The summed E-state index contributed by atoms with van der Waals surface area (Å²) in [6, 6.07) is 114. The van der Waals surface area contributed by atoms with E-state index in [9.17, 15) is 0 Å². The molecule has 15 nitrogen and oxygen atoms in total. The molecule has 672 valence electrons. The van der Waals surface area contributed by atoms with Gasteiger partial charge in [0.15, 0.2) is 34.9 Å². The largest absolute Gasteiger partial charge is 3.00 e. The van der Waals surface area contributed by atoms with E-state index in [1.807, 2.05) is 50.8 Å². The second kappa shape index (κ2) is 36.5. The fourth-order valence-electron chi connectivity index (χ4n) is 17.3. The van der Waals surface area contributed by atoms with E-state index in [2.05, 4.69) is 416 Å². The predicted molar refractivity (Wildman–Crippen MR) is 548 cm³/mol. The molecule has 0 unspecified atom stereocenters. The van der Waals surface area contributed by atoms with Crippen LogP contribution in [-0.4, -0.2) is 74.2 Å². The van der Waals surface area contributed by atoms with Gasteiger partial charge in [-0.1, -0.05) is 376 Å². The summed E-state index contributed by atoms with van der Waals surface area (Å²) >= 11 is 0. The summed E-state index contributed by atoms with van der Waals surface area (Å²) in [6.45, 7) is 40.1. The van der Waals surface area contributed by atoms with Gasteiger partial charge in [-0.2, -0.15) is 51.7 Å². The SMILES string of the molecule is CC(C)(C)c1ccc(-c2nc(-c3ccc(C(C)(C)C)cc3)nc(-c3cc(-n4cccn4)[c-]cc3-c3ccccc3-c3cc(-c4ccccc4-c4c[c-]c(-n5cccn5)cc4-c4nc(-c5ccc(C(C)(C)C)cc5)nc(-c5ccc(C(C)(C)C)cc5)n4)cc(-c4ccccc4-c4c[c-]c(-n5cccn5)cc4-c4nc(-c5ccc(C(C)(C)C)cc5)nc(-c5ccc(C(C)(C)C)cc5)n4)c3)n2)cc1.[Ir+3]. The average Bonchev–Trinajstić information content (AvgIpc) is 0.837. The first-order valence-corrected chi connectivity index (χ1v) is 46.2. The van der Waals surface area contributed by atoms with Crippen LogP contribution in [0.2, 0.25) is 0 Å². The Morgan fingerprint density at radius 1 is 0.184 bits per heavy atom. The molecule has 0 saturated carbocycles. The first-order valence-electron chi connectivity index (χ1n) is 46.2. The van der Waals surface area contributed by atoms with E-state index in [-0.39, 0.29) is 52.6 Å². The number of benzene rings is 13. The van der Waals surface area contributed by atoms with Gasteiger partial charge in [-0.05, 0) is 153 Å². The maximum atomic E-state index is 5.56. The molecule has 0 N–H and O–H groups in total. The van der Waals surface area contributed by atoms with Crippen LogP contribution in [0.15, 0.2) is 328 Å². The molecule has 19 aromatic rings. The Morgan fingerprint density at radius 3 is 0.544 bits per heavy atom. The Hall–Kier alpha value is -14.8. The molecule has 0 spiro atoms. The number of hydrogen-bond acceptors (Lipinski definition) is 12. The minimum Gasteiger partial charge on any atom is -0.266 e. The Labute approximate surface area is 811 Å². The molecule has 136 heavy (non-hydrogen) atoms. The fourth-order valence-corrected chi connectivity index (χ4v) is 17.3. The Kier molecular flexibility index (Phi) is 24.6. The van der Waals surface area contributed by atoms with Gasteiger partial charge in [-0.15, -0.1) is 34.9 Å². The minimum atomic E-state index is -0.0906. The molecule has 0 aliphatic heterocycles. The number of hydrogen-bond donors (Lipinski definition) is 0. The molecular weight excluding hydrogens is 1840 g/mol. The zero-order valence-electron chi connectivity index (χ0n) is 80.2. The molecule has 0 fully saturated rings. The van der Waals surface area contributed by atoms with Crippen molar-refractivity contribution >= 4 is 0 Å². The first-order chi connectivity index (χ1) is 64.6. The van der Waals surface area contributed by atoms with Gasteiger partial charge in [-0.25, -0.2) is 44.9 Å². The first kappa shape index (κ1) is 91.7. The smallest absolute Gasteiger partial charge is 0.266 e. The van der Waals surface area contributed by atoms with Crippen molar-refractivity contribution in [1.29, 1.82) is 0 Å². The van der Waals surface area contributed by atoms with Gasteiger partial charge >= 0.3 is 20.1 Å². The summed E-state index contributed by atoms with van der Waals surface area (Å²) in [5.74, 6) is 4.63. The van der Waals surface area contributed by atoms with Crippen molar-refractivity contribution < 1.29 is 20.1 Å². The quantitative estimate of drug-likeness (QED) is 0.0746. The molecule has 0 aliphatic carbocycles. The van der Waals surface area contributed by atoms with Crippen LogP contribution in [0, 0.1) is 18.2 Å². The van der Waals surface area contributed by atoms with E-state index in [0.717, 1.165) is 117 Å². The third-order valence-corrected chi connectivity index (χ3v) is 25.3. The average molecular weight is 1950 g/mol. The summed E-state index contributed by atoms with van der Waals surface area (Å²) < 4.78 is 5.49. The normalized spacial score (nSPS) is 12.1. The second-order valence-electron chi connectivity index (χ2n) is 41.1. The molecule has 0 radical (unpaired) electrons. The van der Waals surface area contributed by atoms with E-state index in [1.54, 1.807) is 18.6 Å². The third-order valence-electron chi connectivity index (χ3n) is 25.3. The van der Waals surface area contributed by atoms with Crippen LogP contribution in [0.4, 0.5) is 0 Å². The predicted octanol–water partition coefficient (Wildman–Crippen LogP) is 29.0. The molecule has 6 heterocycles. The van der Waals surface area contributed by atoms with E-state index in [1.165, 1.54) is 33.4 Å². The summed E-state index contributed by atoms with van der Waals surface area (Å²) in [5, 5.41) is 14.4. The number of nitrogens with zero attached hydrogens (tertiary/aromatic N) is 15. The minimum absolute atomic E-state index is 0. The molecule has 13 aromatic carbocycles. The maximum absolute atomic E-state index is 5.56. The molecule has 16 heteroatoms. The van der Waals surface area contributed by atoms with Crippen LogP contribution in [-0.2, 0) is 52.6 Å². The van der Waals surface area contributed by atoms with Gasteiger partial charge in [0.2, 0.25) is 0 Å². The summed E-state index contributed by atoms with van der Waals surface area (Å²) in [7, 11) is 0. The van der Waals surface area contributed by atoms with E-state index in [0.29, 0.717) is 69.5 Å². The monoisotopic (exact) mass is 1950 g/mol. The van der Waals surface area contributed by atoms with Crippen molar-refractivity contribution in [2.24, 2.45) is 0 Å². The van der Waals surface area contributed by atoms with Crippen LogP contribution < -0.4 is 0 Å². The molecule has 0 bridgehead atoms. The van der Waals surface area contributed by atoms with E-state index < -0.39 is 0 Å². The molecule has 0 aliphatic rings. The van der Waals surface area contributed by atoms with Gasteiger partial charge in [-0.3, -0.25) is 14.0 Å². The van der Waals surface area contributed by atoms with Crippen molar-refractivity contribution in [3.63, 3.8) is 0 Å². The van der Waals surface area contributed by atoms with Crippen molar-refractivity contribution in [2.75, 3.05) is 0 Å². The van der Waals surface area contributed by atoms with Crippen molar-refractivity contribution in [1.82, 2.24) is 74.2 Å². The van der Waals surface area contributed by atoms with Gasteiger partial charge in [0.25, 0.3) is 0 Å². The Bertz CT molecular complexity index is 6610. The Morgan fingerprint density at radius 2 is 0.368 bits per heavy atom. The maximum Gasteiger partial charge on any atom is 3.00 e. The molecule has 0 saturated heterocycles. The molecule has 0 amide bonds. The molecule has 6 aromatic heterocycles. The molecule has 0 atom stereocenters. The van der Waals surface area contributed by atoms with E-state index >= 15 is 0 Å². The third kappa shape index (κ3) is 19.2. The van der Waals surface area contributed by atoms with Crippen LogP contribution in [0.5, 0.6) is 0 Å². The van der Waals surface area contributed by atoms with Gasteiger partial charge in [0.05, 0.1) is 0 Å². The summed E-state index contributed by atoms with van der Waals surface area (Å²) in [6.07, 6.45) is 11.2. The van der Waals surface area contributed by atoms with Gasteiger partial charge in [0, 0.05) is 70.6 Å². The van der Waals surface area contributed by atoms with Crippen LogP contribution in [0.25, 0.3) is 186 Å². The number of rotatable bonds is 18. The van der Waals surface area contributed by atoms with Gasteiger partial charge in [0.1, 0.15) is 17.5 Å². The number of aromatic nitrogens is 15. The van der Waals surface area contributed by atoms with Crippen LogP contribution in [0.3, 0.4) is 0 Å². The molecule has 19 rings (SSSR count). The fraction of sp³-hybridized carbons (Fsp3) is 0.200. The van der Waals surface area contributed by atoms with Crippen LogP contribution in [0.1, 0.15) is 158 Å². The zero-order valence-corrected chi connectivity index (χ0v) is 82.6. The van der Waals surface area contributed by atoms with Crippen molar-refractivity contribution in [3.8, 4) is 186 Å². The zero-order chi connectivity index (χ0) is 94.0. The summed E-state index contributed by atoms with van der Waals surface area (Å²) in [5.41, 5.74) is 26.8. The second-order valence-corrected chi connectivity index (χ2v) is 41.1. The van der Waals surface area contributed by atoms with E-state index in [4.69, 9.17) is 60.2 Å². The van der Waals surface area contributed by atoms with Gasteiger partial charge < -0.3 is 0 Å². The summed E-state index contributed by atoms with van der Waals surface area (Å²) in [4.78, 5) is 49.4. The Balaban J connectivity index is 0.0000123. The topological polar surface area (TPSA) is 169 Å². The van der Waals surface area contributed by atoms with Crippen molar-refractivity contribution in [3.05, 3.63) is 380 Å².